The topological polar surface area (TPSA) is 96.6 Å². The fourth-order valence-electron chi connectivity index (χ4n) is 3.92. The van der Waals surface area contributed by atoms with Crippen molar-refractivity contribution in [3.05, 3.63) is 35.8 Å². The normalized spacial score (nSPS) is 17.0. The minimum absolute atomic E-state index is 0.0652. The maximum atomic E-state index is 13.3. The van der Waals surface area contributed by atoms with E-state index < -0.39 is 12.1 Å². The molecule has 0 aliphatic carbocycles. The highest BCUT2D eigenvalue weighted by atomic mass is 16.5. The van der Waals surface area contributed by atoms with Gasteiger partial charge in [0.25, 0.3) is 0 Å². The lowest BCUT2D eigenvalue weighted by molar-refractivity contribution is -0.135. The van der Waals surface area contributed by atoms with Crippen molar-refractivity contribution in [1.82, 2.24) is 20.2 Å². The molecular weight excluding hydrogens is 396 g/mol. The minimum atomic E-state index is -0.645. The highest BCUT2D eigenvalue weighted by Gasteiger charge is 2.37. The van der Waals surface area contributed by atoms with Crippen molar-refractivity contribution in [2.75, 3.05) is 20.3 Å². The number of nitrogens with one attached hydrogen (secondary N) is 2. The maximum absolute atomic E-state index is 13.3. The number of carbonyl (C=O) groups excluding carboxylic acids is 2. The molecular formula is C23H32N4O4. The summed E-state index contributed by atoms with van der Waals surface area (Å²) in [6.45, 7) is 9.02. The van der Waals surface area contributed by atoms with E-state index in [1.807, 2.05) is 50.8 Å². The summed E-state index contributed by atoms with van der Waals surface area (Å²) >= 11 is 0. The standard InChI is InChI=1S/C23H32N4O4/c1-6-31-19-12-16(10-9-15(19)4)17-13-24-21(25-17)18-8-7-11-27(18)22(28)20(14(2)3)26-23(29)30-5/h9-10,12-14,18,20H,6-8,11H2,1-5H3,(H,24,25)(H,26,29). The second-order valence-corrected chi connectivity index (χ2v) is 8.14. The number of hydrogen-bond acceptors (Lipinski definition) is 5. The molecule has 0 radical (unpaired) electrons. The molecule has 8 heteroatoms. The smallest absolute Gasteiger partial charge is 0.407 e. The Bertz CT molecular complexity index is 924. The predicted octanol–water partition coefficient (Wildman–Crippen LogP) is 3.83. The van der Waals surface area contributed by atoms with Crippen molar-refractivity contribution >= 4 is 12.0 Å². The van der Waals surface area contributed by atoms with Gasteiger partial charge in [-0.05, 0) is 44.2 Å². The molecule has 1 saturated heterocycles. The molecule has 0 bridgehead atoms. The SMILES string of the molecule is CCOc1cc(-c2cnc(C3CCCN3C(=O)C(NC(=O)OC)C(C)C)[nH]2)ccc1C. The lowest BCUT2D eigenvalue weighted by atomic mass is 10.0. The first-order valence-corrected chi connectivity index (χ1v) is 10.8. The Morgan fingerprint density at radius 1 is 1.35 bits per heavy atom. The Morgan fingerprint density at radius 3 is 2.81 bits per heavy atom. The van der Waals surface area contributed by atoms with Crippen molar-refractivity contribution < 1.29 is 19.1 Å². The first kappa shape index (κ1) is 22.7. The van der Waals surface area contributed by atoms with Crippen LogP contribution in [-0.2, 0) is 9.53 Å². The Balaban J connectivity index is 1.81. The van der Waals surface area contributed by atoms with E-state index in [0.717, 1.165) is 41.2 Å². The van der Waals surface area contributed by atoms with Gasteiger partial charge in [-0.15, -0.1) is 0 Å². The molecule has 1 fully saturated rings. The maximum Gasteiger partial charge on any atom is 0.407 e. The number of aromatic amines is 1. The highest BCUT2D eigenvalue weighted by molar-refractivity contribution is 5.86. The zero-order valence-electron chi connectivity index (χ0n) is 18.9. The van der Waals surface area contributed by atoms with E-state index in [-0.39, 0.29) is 17.9 Å². The number of amides is 2. The zero-order valence-corrected chi connectivity index (χ0v) is 18.9. The van der Waals surface area contributed by atoms with Crippen LogP contribution in [0.5, 0.6) is 5.75 Å². The number of hydrogen-bond donors (Lipinski definition) is 2. The number of aromatic nitrogens is 2. The summed E-state index contributed by atoms with van der Waals surface area (Å²) in [7, 11) is 1.29. The number of nitrogens with zero attached hydrogens (tertiary/aromatic N) is 2. The monoisotopic (exact) mass is 428 g/mol. The number of ether oxygens (including phenoxy) is 2. The fraction of sp³-hybridized carbons (Fsp3) is 0.522. The van der Waals surface area contributed by atoms with Crippen molar-refractivity contribution in [3.63, 3.8) is 0 Å². The number of benzene rings is 1. The second-order valence-electron chi connectivity index (χ2n) is 8.14. The van der Waals surface area contributed by atoms with Gasteiger partial charge in [0.15, 0.2) is 0 Å². The molecule has 2 atom stereocenters. The van der Waals surface area contributed by atoms with Gasteiger partial charge in [-0.1, -0.05) is 26.0 Å². The summed E-state index contributed by atoms with van der Waals surface area (Å²) in [6.07, 6.45) is 2.89. The van der Waals surface area contributed by atoms with Gasteiger partial charge in [0.1, 0.15) is 17.6 Å². The van der Waals surface area contributed by atoms with E-state index in [1.54, 1.807) is 6.20 Å². The van der Waals surface area contributed by atoms with Crippen LogP contribution in [0.25, 0.3) is 11.3 Å². The van der Waals surface area contributed by atoms with Crippen LogP contribution in [-0.4, -0.2) is 53.2 Å². The van der Waals surface area contributed by atoms with Gasteiger partial charge in [0.2, 0.25) is 5.91 Å². The zero-order chi connectivity index (χ0) is 22.5. The molecule has 3 rings (SSSR count). The van der Waals surface area contributed by atoms with Crippen LogP contribution in [0.2, 0.25) is 0 Å². The van der Waals surface area contributed by atoms with Crippen LogP contribution in [0.4, 0.5) is 4.79 Å². The van der Waals surface area contributed by atoms with Crippen molar-refractivity contribution in [3.8, 4) is 17.0 Å². The Kier molecular flexibility index (Phi) is 7.20. The molecule has 1 aliphatic heterocycles. The molecule has 2 amide bonds. The van der Waals surface area contributed by atoms with Crippen LogP contribution < -0.4 is 10.1 Å². The third-order valence-electron chi connectivity index (χ3n) is 5.64. The number of rotatable bonds is 7. The summed E-state index contributed by atoms with van der Waals surface area (Å²) in [4.78, 5) is 34.8. The van der Waals surface area contributed by atoms with Crippen molar-refractivity contribution in [2.45, 2.75) is 52.6 Å². The van der Waals surface area contributed by atoms with Gasteiger partial charge >= 0.3 is 6.09 Å². The fourth-order valence-corrected chi connectivity index (χ4v) is 3.92. The van der Waals surface area contributed by atoms with Gasteiger partial charge in [-0.3, -0.25) is 4.79 Å². The molecule has 2 aromatic rings. The average Bonchev–Trinajstić information content (AvgIpc) is 3.42. The second kappa shape index (κ2) is 9.85. The van der Waals surface area contributed by atoms with Gasteiger partial charge < -0.3 is 24.7 Å². The third-order valence-corrected chi connectivity index (χ3v) is 5.64. The Hall–Kier alpha value is -3.03. The number of methoxy groups -OCH3 is 1. The van der Waals surface area contributed by atoms with Crippen LogP contribution in [0, 0.1) is 12.8 Å². The van der Waals surface area contributed by atoms with Gasteiger partial charge in [-0.25, -0.2) is 9.78 Å². The van der Waals surface area contributed by atoms with E-state index in [0.29, 0.717) is 13.2 Å². The molecule has 2 heterocycles. The molecule has 31 heavy (non-hydrogen) atoms. The van der Waals surface area contributed by atoms with E-state index in [9.17, 15) is 9.59 Å². The number of carbonyl (C=O) groups is 2. The molecule has 1 aromatic carbocycles. The third kappa shape index (κ3) is 5.00. The summed E-state index contributed by atoms with van der Waals surface area (Å²) in [6, 6.07) is 5.26. The van der Waals surface area contributed by atoms with E-state index >= 15 is 0 Å². The van der Waals surface area contributed by atoms with Crippen molar-refractivity contribution in [1.29, 1.82) is 0 Å². The summed E-state index contributed by atoms with van der Waals surface area (Å²) in [5, 5.41) is 2.67. The molecule has 0 saturated carbocycles. The number of likely N-dealkylation sites (tertiary alicyclic amines) is 1. The summed E-state index contributed by atoms with van der Waals surface area (Å²) < 4.78 is 10.4. The van der Waals surface area contributed by atoms with Gasteiger partial charge in [0.05, 0.1) is 31.6 Å². The van der Waals surface area contributed by atoms with Crippen LogP contribution in [0.3, 0.4) is 0 Å². The first-order valence-electron chi connectivity index (χ1n) is 10.8. The van der Waals surface area contributed by atoms with E-state index in [4.69, 9.17) is 9.47 Å². The average molecular weight is 429 g/mol. The summed E-state index contributed by atoms with van der Waals surface area (Å²) in [5.74, 6) is 1.42. The lowest BCUT2D eigenvalue weighted by Gasteiger charge is -2.30. The van der Waals surface area contributed by atoms with E-state index in [2.05, 4.69) is 15.3 Å². The molecule has 2 N–H and O–H groups in total. The van der Waals surface area contributed by atoms with Crippen LogP contribution >= 0.6 is 0 Å². The van der Waals surface area contributed by atoms with Crippen LogP contribution in [0.15, 0.2) is 24.4 Å². The highest BCUT2D eigenvalue weighted by Crippen LogP contribution is 2.33. The number of aryl methyl sites for hydroxylation is 1. The molecule has 8 nitrogen and oxygen atoms in total. The predicted molar refractivity (Wildman–Crippen MR) is 118 cm³/mol. The van der Waals surface area contributed by atoms with Gasteiger partial charge in [0, 0.05) is 12.1 Å². The van der Waals surface area contributed by atoms with Crippen LogP contribution in [0.1, 0.15) is 51.0 Å². The number of alkyl carbamates (subject to hydrolysis) is 1. The Morgan fingerprint density at radius 2 is 2.13 bits per heavy atom. The Labute approximate surface area is 183 Å². The molecule has 0 spiro atoms. The number of imidazole rings is 1. The largest absolute Gasteiger partial charge is 0.494 e. The molecule has 1 aliphatic rings. The molecule has 168 valence electrons. The molecule has 2 unspecified atom stereocenters. The molecule has 1 aromatic heterocycles. The van der Waals surface area contributed by atoms with Crippen molar-refractivity contribution in [2.24, 2.45) is 5.92 Å². The minimum Gasteiger partial charge on any atom is -0.494 e. The van der Waals surface area contributed by atoms with E-state index in [1.165, 1.54) is 7.11 Å². The lowest BCUT2D eigenvalue weighted by Crippen LogP contribution is -2.51. The quantitative estimate of drug-likeness (QED) is 0.699. The van der Waals surface area contributed by atoms with Gasteiger partial charge in [-0.2, -0.15) is 0 Å². The summed E-state index contributed by atoms with van der Waals surface area (Å²) in [5.41, 5.74) is 2.94. The first-order chi connectivity index (χ1) is 14.8. The number of H-pyrrole nitrogens is 1.